The van der Waals surface area contributed by atoms with Gasteiger partial charge in [0, 0.05) is 29.6 Å². The van der Waals surface area contributed by atoms with Crippen molar-refractivity contribution >= 4 is 29.6 Å². The molecule has 0 bridgehead atoms. The van der Waals surface area contributed by atoms with Crippen molar-refractivity contribution in [3.63, 3.8) is 0 Å². The van der Waals surface area contributed by atoms with E-state index in [9.17, 15) is 5.11 Å². The second kappa shape index (κ2) is 8.63. The molecule has 3 fully saturated rings. The Morgan fingerprint density at radius 2 is 1.77 bits per heavy atom. The molecule has 4 aliphatic rings. The monoisotopic (exact) mass is 611 g/mol. The van der Waals surface area contributed by atoms with Crippen LogP contribution in [0.3, 0.4) is 0 Å². The summed E-state index contributed by atoms with van der Waals surface area (Å²) >= 11 is 0. The van der Waals surface area contributed by atoms with Crippen molar-refractivity contribution < 1.29 is 5.11 Å². The number of hydrogen-bond acceptors (Lipinski definition) is 1. The van der Waals surface area contributed by atoms with Crippen LogP contribution in [0.25, 0.3) is 0 Å². The Morgan fingerprint density at radius 3 is 2.42 bits per heavy atom. The van der Waals surface area contributed by atoms with Crippen LogP contribution in [0.1, 0.15) is 86.0 Å². The molecule has 0 spiro atoms. The van der Waals surface area contributed by atoms with Gasteiger partial charge in [-0.05, 0) is 94.3 Å². The fourth-order valence-corrected chi connectivity index (χ4v) is 6.79. The van der Waals surface area contributed by atoms with Crippen molar-refractivity contribution in [3.8, 4) is 0 Å². The Balaban J connectivity index is 0.000000818. The molecule has 1 N–H and O–H groups in total. The summed E-state index contributed by atoms with van der Waals surface area (Å²) in [6.45, 7) is 10.8. The first kappa shape index (κ1) is 23.5. The smallest absolute Gasteiger partial charge is 0.0657 e. The molecule has 0 aliphatic heterocycles. The maximum atomic E-state index is 10.4. The van der Waals surface area contributed by atoms with Crippen LogP contribution in [0.2, 0.25) is 0 Å². The molecule has 0 heterocycles. The molecule has 6 atom stereocenters. The van der Waals surface area contributed by atoms with Crippen molar-refractivity contribution in [3.05, 3.63) is 23.3 Å². The summed E-state index contributed by atoms with van der Waals surface area (Å²) in [6.07, 6.45) is 15.0. The summed E-state index contributed by atoms with van der Waals surface area (Å²) in [7, 11) is 0. The second-order valence-electron chi connectivity index (χ2n) is 9.08. The zero-order valence-corrected chi connectivity index (χ0v) is 22.2. The van der Waals surface area contributed by atoms with Gasteiger partial charge < -0.3 is 5.11 Å². The third-order valence-corrected chi connectivity index (χ3v) is 7.91. The molecule has 3 heteroatoms. The summed E-state index contributed by atoms with van der Waals surface area (Å²) in [6, 6.07) is 0. The first-order valence-corrected chi connectivity index (χ1v) is 10.5. The van der Waals surface area contributed by atoms with E-state index in [4.69, 9.17) is 0 Å². The van der Waals surface area contributed by atoms with E-state index in [1.807, 2.05) is 20.8 Å². The van der Waals surface area contributed by atoms with Gasteiger partial charge in [-0.1, -0.05) is 44.1 Å². The number of allylic oxidation sites excluding steroid dienone is 3. The van der Waals surface area contributed by atoms with Crippen LogP contribution in [-0.2, 0) is 0 Å². The van der Waals surface area contributed by atoms with Crippen LogP contribution in [0, 0.1) is 29.1 Å². The van der Waals surface area contributed by atoms with Crippen LogP contribution >= 0.6 is 0 Å². The average molecular weight is 612 g/mol. The number of fused-ring (bicyclic) bond motifs is 5. The Labute approximate surface area is 178 Å². The molecule has 0 amide bonds. The third kappa shape index (κ3) is 3.71. The second-order valence-corrected chi connectivity index (χ2v) is 9.08. The molecule has 0 aromatic rings. The Kier molecular flexibility index (Phi) is 7.80. The van der Waals surface area contributed by atoms with Gasteiger partial charge in [0.1, 0.15) is 0 Å². The summed E-state index contributed by atoms with van der Waals surface area (Å²) in [4.78, 5) is 0. The molecular formula is C23H38MdNaO. The number of hydrogen-bond donors (Lipinski definition) is 1. The summed E-state index contributed by atoms with van der Waals surface area (Å²) in [5.74, 6) is 3.52. The quantitative estimate of drug-likeness (QED) is 0.267. The summed E-state index contributed by atoms with van der Waals surface area (Å²) in [5.41, 5.74) is 3.41. The zero-order chi connectivity index (χ0) is 17.5. The molecule has 0 aromatic heterocycles. The van der Waals surface area contributed by atoms with Crippen LogP contribution in [-0.4, -0.2) is 40.3 Å². The summed E-state index contributed by atoms with van der Waals surface area (Å²) in [5, 5.41) is 10.4. The molecule has 4 rings (SSSR count). The molecule has 2 radical (unpaired) electrons. The van der Waals surface area contributed by atoms with E-state index in [-0.39, 0.29) is 29.6 Å². The van der Waals surface area contributed by atoms with Crippen LogP contribution in [0.15, 0.2) is 23.3 Å². The van der Waals surface area contributed by atoms with Gasteiger partial charge in [-0.15, -0.1) is 0 Å². The molecule has 5 unspecified atom stereocenters. The van der Waals surface area contributed by atoms with Gasteiger partial charge >= 0.3 is 0 Å². The maximum absolute atomic E-state index is 10.4. The van der Waals surface area contributed by atoms with Crippen LogP contribution in [0.4, 0.5) is 0 Å². The van der Waals surface area contributed by atoms with Gasteiger partial charge in [0.25, 0.3) is 0 Å². The Hall–Kier alpha value is -0.560. The largest absolute Gasteiger partial charge is 0.390 e. The first-order valence-electron chi connectivity index (χ1n) is 10.5. The van der Waals surface area contributed by atoms with E-state index in [1.165, 1.54) is 38.5 Å². The maximum Gasteiger partial charge on any atom is 0.0657 e. The van der Waals surface area contributed by atoms with Gasteiger partial charge in [-0.25, -0.2) is 0 Å². The first-order chi connectivity index (χ1) is 11.4. The molecular weight excluding hydrogens is 573 g/mol. The standard InChI is InChI=1S/C21H32O.C2H6.Md.Na/c1-4-15-6-8-19-18-7-5-14-13-20(2,22)11-9-16(14)17(18)10-12-21(15,19)3;1-2;;/h4-5,16-19,22H,6-13H2,1-3H3;1-2H3;;/b15-4-;;;/t16?,17?,18?,19?,20-,21?;;;/m0.../s1. The average Bonchev–Trinajstić information content (AvgIpc) is 2.91. The normalized spacial score (nSPS) is 44.8. The minimum atomic E-state index is -0.441. The van der Waals surface area contributed by atoms with Crippen molar-refractivity contribution in [1.29, 1.82) is 0 Å². The van der Waals surface area contributed by atoms with Gasteiger partial charge in [0.05, 0.1) is 5.60 Å². The molecule has 26 heavy (non-hydrogen) atoms. The van der Waals surface area contributed by atoms with E-state index >= 15 is 0 Å². The SMILES string of the molecule is C/C=C1/CCC2C3CC=C4C[C@@](C)(O)CCC4C3CCC12C.CC.[Md].[Na]. The molecule has 1 nitrogen and oxygen atoms in total. The minimum absolute atomic E-state index is 0. The van der Waals surface area contributed by atoms with Gasteiger partial charge in [0.15, 0.2) is 0 Å². The van der Waals surface area contributed by atoms with Crippen molar-refractivity contribution in [2.24, 2.45) is 29.1 Å². The predicted molar refractivity (Wildman–Crippen MR) is 109 cm³/mol. The van der Waals surface area contributed by atoms with E-state index in [0.29, 0.717) is 5.41 Å². The molecule has 0 aromatic carbocycles. The van der Waals surface area contributed by atoms with Gasteiger partial charge in [-0.3, -0.25) is 0 Å². The molecule has 4 aliphatic carbocycles. The van der Waals surface area contributed by atoms with E-state index in [1.54, 1.807) is 11.1 Å². The van der Waals surface area contributed by atoms with Gasteiger partial charge in [-0.2, -0.15) is 0 Å². The minimum Gasteiger partial charge on any atom is -0.390 e. The molecule has 0 saturated heterocycles. The van der Waals surface area contributed by atoms with E-state index < -0.39 is 5.60 Å². The zero-order valence-electron chi connectivity index (χ0n) is 17.8. The van der Waals surface area contributed by atoms with Crippen molar-refractivity contribution in [2.45, 2.75) is 91.6 Å². The summed E-state index contributed by atoms with van der Waals surface area (Å²) < 4.78 is 0. The van der Waals surface area contributed by atoms with Gasteiger partial charge in [0.2, 0.25) is 0 Å². The molecule has 150 valence electrons. The topological polar surface area (TPSA) is 20.2 Å². The molecule has 3 saturated carbocycles. The van der Waals surface area contributed by atoms with E-state index in [2.05, 4.69) is 26.0 Å². The van der Waals surface area contributed by atoms with Crippen LogP contribution in [0.5, 0.6) is 0 Å². The Bertz CT molecular complexity index is 538. The Morgan fingerprint density at radius 1 is 1.08 bits per heavy atom. The third-order valence-electron chi connectivity index (χ3n) is 7.91. The fraction of sp³-hybridized carbons (Fsp3) is 0.826. The fourth-order valence-electron chi connectivity index (χ4n) is 6.79. The van der Waals surface area contributed by atoms with Crippen LogP contribution < -0.4 is 0 Å². The van der Waals surface area contributed by atoms with Crippen molar-refractivity contribution in [1.82, 2.24) is 0 Å². The van der Waals surface area contributed by atoms with E-state index in [0.717, 1.165) is 36.5 Å². The predicted octanol–water partition coefficient (Wildman–Crippen LogP) is 5.90. The van der Waals surface area contributed by atoms with Crippen molar-refractivity contribution in [2.75, 3.05) is 0 Å². The number of rotatable bonds is 0. The number of aliphatic hydroxyl groups is 1.